The summed E-state index contributed by atoms with van der Waals surface area (Å²) in [6.07, 6.45) is 5.42. The minimum atomic E-state index is 0.286. The molecular formula is C16H19N3. The summed E-state index contributed by atoms with van der Waals surface area (Å²) in [6, 6.07) is 8.11. The van der Waals surface area contributed by atoms with Crippen molar-refractivity contribution in [2.24, 2.45) is 0 Å². The first kappa shape index (κ1) is 13.2. The quantitative estimate of drug-likeness (QED) is 0.854. The molecule has 0 spiro atoms. The van der Waals surface area contributed by atoms with Crippen molar-refractivity contribution in [1.82, 2.24) is 9.55 Å². The van der Waals surface area contributed by atoms with Crippen LogP contribution in [-0.2, 0) is 6.54 Å². The number of benzene rings is 1. The van der Waals surface area contributed by atoms with Crippen LogP contribution in [0.25, 0.3) is 11.3 Å². The Balaban J connectivity index is 2.63. The van der Waals surface area contributed by atoms with E-state index in [-0.39, 0.29) is 5.92 Å². The second-order valence-corrected chi connectivity index (χ2v) is 4.96. The summed E-state index contributed by atoms with van der Waals surface area (Å²) in [5.41, 5.74) is 9.29. The molecule has 0 saturated heterocycles. The number of anilines is 1. The second kappa shape index (κ2) is 5.19. The van der Waals surface area contributed by atoms with E-state index in [9.17, 15) is 0 Å². The fourth-order valence-electron chi connectivity index (χ4n) is 2.22. The maximum atomic E-state index is 6.23. The highest BCUT2D eigenvalue weighted by Gasteiger charge is 2.18. The van der Waals surface area contributed by atoms with Gasteiger partial charge in [0.2, 0.25) is 0 Å². The molecule has 1 heterocycles. The number of aryl methyl sites for hydroxylation is 1. The van der Waals surface area contributed by atoms with Crippen LogP contribution in [0.5, 0.6) is 0 Å². The summed E-state index contributed by atoms with van der Waals surface area (Å²) in [5.74, 6) is 4.52. The standard InChI is InChI=1S/C16H19N3/c1-5-10-19-15(17)14(18-16(19)11(2)3)13-9-7-6-8-12(13)4/h1,6-9,11H,10,17H2,2-4H3. The lowest BCUT2D eigenvalue weighted by Crippen LogP contribution is -2.07. The van der Waals surface area contributed by atoms with Crippen LogP contribution in [0.4, 0.5) is 5.82 Å². The minimum absolute atomic E-state index is 0.286. The number of hydrogen-bond donors (Lipinski definition) is 1. The van der Waals surface area contributed by atoms with Gasteiger partial charge in [-0.25, -0.2) is 4.98 Å². The first-order chi connectivity index (χ1) is 9.06. The molecule has 0 unspecified atom stereocenters. The molecule has 0 saturated carbocycles. The molecule has 0 aliphatic rings. The predicted octanol–water partition coefficient (Wildman–Crippen LogP) is 3.20. The van der Waals surface area contributed by atoms with Gasteiger partial charge >= 0.3 is 0 Å². The van der Waals surface area contributed by atoms with Crippen LogP contribution in [0.2, 0.25) is 0 Å². The van der Waals surface area contributed by atoms with Gasteiger partial charge in [-0.2, -0.15) is 0 Å². The Kier molecular flexibility index (Phi) is 3.62. The first-order valence-corrected chi connectivity index (χ1v) is 6.41. The lowest BCUT2D eigenvalue weighted by molar-refractivity contribution is 0.691. The molecule has 0 aliphatic heterocycles. The highest BCUT2D eigenvalue weighted by Crippen LogP contribution is 2.31. The number of terminal acetylenes is 1. The summed E-state index contributed by atoms with van der Waals surface area (Å²) in [4.78, 5) is 4.70. The Morgan fingerprint density at radius 1 is 1.37 bits per heavy atom. The highest BCUT2D eigenvalue weighted by atomic mass is 15.1. The molecule has 3 nitrogen and oxygen atoms in total. The molecule has 0 radical (unpaired) electrons. The van der Waals surface area contributed by atoms with Gasteiger partial charge in [0.15, 0.2) is 0 Å². The van der Waals surface area contributed by atoms with Gasteiger partial charge in [0, 0.05) is 11.5 Å². The molecule has 0 aliphatic carbocycles. The van der Waals surface area contributed by atoms with Gasteiger partial charge in [0.05, 0.1) is 6.54 Å². The van der Waals surface area contributed by atoms with Crippen molar-refractivity contribution in [1.29, 1.82) is 0 Å². The molecule has 2 rings (SSSR count). The maximum Gasteiger partial charge on any atom is 0.132 e. The van der Waals surface area contributed by atoms with Crippen LogP contribution in [-0.4, -0.2) is 9.55 Å². The number of imidazole rings is 1. The van der Waals surface area contributed by atoms with E-state index in [0.29, 0.717) is 12.4 Å². The summed E-state index contributed by atoms with van der Waals surface area (Å²) in [7, 11) is 0. The van der Waals surface area contributed by atoms with Crippen LogP contribution < -0.4 is 5.73 Å². The monoisotopic (exact) mass is 253 g/mol. The molecule has 0 amide bonds. The fraction of sp³-hybridized carbons (Fsp3) is 0.312. The molecule has 3 heteroatoms. The van der Waals surface area contributed by atoms with E-state index in [1.807, 2.05) is 22.8 Å². The van der Waals surface area contributed by atoms with Gasteiger partial charge < -0.3 is 10.3 Å². The SMILES string of the molecule is C#CCn1c(C(C)C)nc(-c2ccccc2C)c1N. The zero-order chi connectivity index (χ0) is 14.0. The van der Waals surface area contributed by atoms with Crippen LogP contribution >= 0.6 is 0 Å². The molecule has 0 fully saturated rings. The number of nitrogen functional groups attached to an aromatic ring is 1. The average molecular weight is 253 g/mol. The van der Waals surface area contributed by atoms with Gasteiger partial charge in [-0.1, -0.05) is 44.0 Å². The molecule has 1 aromatic carbocycles. The topological polar surface area (TPSA) is 43.8 Å². The van der Waals surface area contributed by atoms with Gasteiger partial charge in [-0.3, -0.25) is 0 Å². The third-order valence-corrected chi connectivity index (χ3v) is 3.20. The van der Waals surface area contributed by atoms with E-state index in [1.54, 1.807) is 0 Å². The van der Waals surface area contributed by atoms with Crippen molar-refractivity contribution < 1.29 is 0 Å². The highest BCUT2D eigenvalue weighted by molar-refractivity contribution is 5.73. The van der Waals surface area contributed by atoms with Gasteiger partial charge in [0.1, 0.15) is 17.3 Å². The fourth-order valence-corrected chi connectivity index (χ4v) is 2.22. The Morgan fingerprint density at radius 2 is 2.05 bits per heavy atom. The van der Waals surface area contributed by atoms with Crippen molar-refractivity contribution in [2.45, 2.75) is 33.2 Å². The molecule has 0 bridgehead atoms. The van der Waals surface area contributed by atoms with Crippen LogP contribution in [0.3, 0.4) is 0 Å². The molecule has 19 heavy (non-hydrogen) atoms. The lowest BCUT2D eigenvalue weighted by atomic mass is 10.1. The number of nitrogens with two attached hydrogens (primary N) is 1. The number of aromatic nitrogens is 2. The smallest absolute Gasteiger partial charge is 0.132 e. The van der Waals surface area contributed by atoms with Crippen LogP contribution in [0.1, 0.15) is 31.2 Å². The second-order valence-electron chi connectivity index (χ2n) is 4.96. The molecule has 2 aromatic rings. The third-order valence-electron chi connectivity index (χ3n) is 3.20. The van der Waals surface area contributed by atoms with Crippen molar-refractivity contribution in [3.8, 4) is 23.6 Å². The van der Waals surface area contributed by atoms with Crippen molar-refractivity contribution in [2.75, 3.05) is 5.73 Å². The summed E-state index contributed by atoms with van der Waals surface area (Å²) in [5, 5.41) is 0. The van der Waals surface area contributed by atoms with Crippen molar-refractivity contribution in [3.05, 3.63) is 35.7 Å². The lowest BCUT2D eigenvalue weighted by Gasteiger charge is -2.08. The predicted molar refractivity (Wildman–Crippen MR) is 79.7 cm³/mol. The van der Waals surface area contributed by atoms with E-state index in [1.165, 1.54) is 0 Å². The van der Waals surface area contributed by atoms with Crippen molar-refractivity contribution in [3.63, 3.8) is 0 Å². The molecule has 1 aromatic heterocycles. The van der Waals surface area contributed by atoms with Gasteiger partial charge in [-0.15, -0.1) is 6.42 Å². The van der Waals surface area contributed by atoms with E-state index < -0.39 is 0 Å². The number of hydrogen-bond acceptors (Lipinski definition) is 2. The average Bonchev–Trinajstić information content (AvgIpc) is 2.69. The zero-order valence-electron chi connectivity index (χ0n) is 11.6. The van der Waals surface area contributed by atoms with Gasteiger partial charge in [-0.05, 0) is 12.5 Å². The Hall–Kier alpha value is -2.21. The summed E-state index contributed by atoms with van der Waals surface area (Å²) < 4.78 is 1.92. The zero-order valence-corrected chi connectivity index (χ0v) is 11.6. The Morgan fingerprint density at radius 3 is 2.63 bits per heavy atom. The van der Waals surface area contributed by atoms with E-state index in [2.05, 4.69) is 32.8 Å². The van der Waals surface area contributed by atoms with Gasteiger partial charge in [0.25, 0.3) is 0 Å². The Bertz CT molecular complexity index is 630. The molecule has 2 N–H and O–H groups in total. The van der Waals surface area contributed by atoms with Crippen molar-refractivity contribution >= 4 is 5.82 Å². The van der Waals surface area contributed by atoms with E-state index in [0.717, 1.165) is 22.6 Å². The molecule has 98 valence electrons. The maximum absolute atomic E-state index is 6.23. The number of rotatable bonds is 3. The molecular weight excluding hydrogens is 234 g/mol. The third kappa shape index (κ3) is 2.34. The largest absolute Gasteiger partial charge is 0.383 e. The molecule has 0 atom stereocenters. The van der Waals surface area contributed by atoms with E-state index in [4.69, 9.17) is 17.1 Å². The normalized spacial score (nSPS) is 10.7. The Labute approximate surface area is 114 Å². The van der Waals surface area contributed by atoms with Crippen LogP contribution in [0, 0.1) is 19.3 Å². The number of nitrogens with zero attached hydrogens (tertiary/aromatic N) is 2. The minimum Gasteiger partial charge on any atom is -0.383 e. The first-order valence-electron chi connectivity index (χ1n) is 6.41. The van der Waals surface area contributed by atoms with E-state index >= 15 is 0 Å². The summed E-state index contributed by atoms with van der Waals surface area (Å²) >= 11 is 0. The van der Waals surface area contributed by atoms with Crippen LogP contribution in [0.15, 0.2) is 24.3 Å². The summed E-state index contributed by atoms with van der Waals surface area (Å²) in [6.45, 7) is 6.70.